The second-order valence-electron chi connectivity index (χ2n) is 8.46. The van der Waals surface area contributed by atoms with Crippen molar-refractivity contribution in [2.45, 2.75) is 39.7 Å². The number of nitrogens with zero attached hydrogens (tertiary/aromatic N) is 1. The molecule has 2 N–H and O–H groups in total. The summed E-state index contributed by atoms with van der Waals surface area (Å²) in [7, 11) is 0. The van der Waals surface area contributed by atoms with Crippen molar-refractivity contribution < 1.29 is 19.1 Å². The van der Waals surface area contributed by atoms with Gasteiger partial charge in [-0.1, -0.05) is 31.5 Å². The van der Waals surface area contributed by atoms with Crippen LogP contribution in [-0.2, 0) is 14.3 Å². The lowest BCUT2D eigenvalue weighted by molar-refractivity contribution is -0.150. The third kappa shape index (κ3) is 6.33. The van der Waals surface area contributed by atoms with Crippen LogP contribution in [0.2, 0.25) is 0 Å². The van der Waals surface area contributed by atoms with Crippen LogP contribution in [0, 0.1) is 12.8 Å². The Bertz CT molecular complexity index is 950. The molecule has 0 aromatic heterocycles. The van der Waals surface area contributed by atoms with E-state index in [1.165, 1.54) is 12.8 Å². The maximum Gasteiger partial charge on any atom is 0.329 e. The molecule has 0 radical (unpaired) electrons. The fourth-order valence-corrected chi connectivity index (χ4v) is 3.66. The Hall–Kier alpha value is -3.35. The van der Waals surface area contributed by atoms with E-state index in [0.717, 1.165) is 24.3 Å². The summed E-state index contributed by atoms with van der Waals surface area (Å²) >= 11 is 0. The van der Waals surface area contributed by atoms with Gasteiger partial charge in [0.2, 0.25) is 0 Å². The molecule has 1 heterocycles. The van der Waals surface area contributed by atoms with Crippen molar-refractivity contribution >= 4 is 29.2 Å². The Labute approximate surface area is 189 Å². The van der Waals surface area contributed by atoms with Crippen molar-refractivity contribution in [2.24, 2.45) is 5.92 Å². The van der Waals surface area contributed by atoms with E-state index in [0.29, 0.717) is 11.3 Å². The maximum absolute atomic E-state index is 12.5. The van der Waals surface area contributed by atoms with Gasteiger partial charge in [0.15, 0.2) is 6.61 Å². The van der Waals surface area contributed by atoms with Crippen LogP contribution in [0.1, 0.15) is 42.6 Å². The molecule has 1 saturated heterocycles. The van der Waals surface area contributed by atoms with Gasteiger partial charge in [-0.25, -0.2) is 4.79 Å². The first-order chi connectivity index (χ1) is 15.3. The third-order valence-corrected chi connectivity index (χ3v) is 5.46. The van der Waals surface area contributed by atoms with Gasteiger partial charge in [0.25, 0.3) is 11.8 Å². The number of hydrogen-bond acceptors (Lipinski definition) is 5. The SMILES string of the molecule is Cc1cccc(C(=O)N[C@H](C(=O)OCC(=O)Nc2ccc(N3CCCC3)cc2)C(C)C)c1. The van der Waals surface area contributed by atoms with E-state index in [9.17, 15) is 14.4 Å². The number of nitrogens with one attached hydrogen (secondary N) is 2. The van der Waals surface area contributed by atoms with Gasteiger partial charge in [0.1, 0.15) is 6.04 Å². The molecule has 0 unspecified atom stereocenters. The van der Waals surface area contributed by atoms with Crippen molar-refractivity contribution in [3.05, 3.63) is 59.7 Å². The number of hydrogen-bond donors (Lipinski definition) is 2. The zero-order valence-corrected chi connectivity index (χ0v) is 18.9. The molecule has 2 aromatic rings. The number of rotatable bonds is 8. The van der Waals surface area contributed by atoms with Gasteiger partial charge in [-0.3, -0.25) is 9.59 Å². The predicted molar refractivity (Wildman–Crippen MR) is 125 cm³/mol. The van der Waals surface area contributed by atoms with E-state index >= 15 is 0 Å². The highest BCUT2D eigenvalue weighted by Gasteiger charge is 2.27. The van der Waals surface area contributed by atoms with E-state index in [2.05, 4.69) is 15.5 Å². The molecule has 2 amide bonds. The van der Waals surface area contributed by atoms with Crippen molar-refractivity contribution in [3.63, 3.8) is 0 Å². The topological polar surface area (TPSA) is 87.7 Å². The number of carbonyl (C=O) groups is 3. The van der Waals surface area contributed by atoms with E-state index in [4.69, 9.17) is 4.74 Å². The summed E-state index contributed by atoms with van der Waals surface area (Å²) in [6.07, 6.45) is 2.40. The minimum atomic E-state index is -0.851. The second-order valence-corrected chi connectivity index (χ2v) is 8.46. The van der Waals surface area contributed by atoms with Gasteiger partial charge >= 0.3 is 5.97 Å². The Morgan fingerprint density at radius 1 is 1.03 bits per heavy atom. The zero-order valence-electron chi connectivity index (χ0n) is 18.9. The van der Waals surface area contributed by atoms with Crippen LogP contribution in [0.4, 0.5) is 11.4 Å². The van der Waals surface area contributed by atoms with Crippen LogP contribution in [0.25, 0.3) is 0 Å². The number of amides is 2. The lowest BCUT2D eigenvalue weighted by atomic mass is 10.0. The first-order valence-electron chi connectivity index (χ1n) is 11.0. The van der Waals surface area contributed by atoms with Crippen LogP contribution in [0.15, 0.2) is 48.5 Å². The number of carbonyl (C=O) groups excluding carboxylic acids is 3. The molecular formula is C25H31N3O4. The van der Waals surface area contributed by atoms with Crippen LogP contribution < -0.4 is 15.5 Å². The quantitative estimate of drug-likeness (QED) is 0.617. The predicted octanol–water partition coefficient (Wildman–Crippen LogP) is 3.53. The Morgan fingerprint density at radius 2 is 1.72 bits per heavy atom. The second kappa shape index (κ2) is 10.8. The van der Waals surface area contributed by atoms with Crippen LogP contribution in [0.5, 0.6) is 0 Å². The van der Waals surface area contributed by atoms with Crippen LogP contribution >= 0.6 is 0 Å². The summed E-state index contributed by atoms with van der Waals surface area (Å²) in [4.78, 5) is 39.6. The minimum absolute atomic E-state index is 0.197. The Morgan fingerprint density at radius 3 is 2.34 bits per heavy atom. The highest BCUT2D eigenvalue weighted by atomic mass is 16.5. The van der Waals surface area contributed by atoms with E-state index in [-0.39, 0.29) is 11.8 Å². The number of anilines is 2. The fraction of sp³-hybridized carbons (Fsp3) is 0.400. The average molecular weight is 438 g/mol. The molecule has 0 aliphatic carbocycles. The molecule has 1 fully saturated rings. The number of benzene rings is 2. The molecule has 2 aromatic carbocycles. The molecule has 1 aliphatic rings. The summed E-state index contributed by atoms with van der Waals surface area (Å²) in [6.45, 7) is 7.20. The Balaban J connectivity index is 1.50. The van der Waals surface area contributed by atoms with Gasteiger partial charge in [0, 0.05) is 30.0 Å². The van der Waals surface area contributed by atoms with Gasteiger partial charge in [-0.15, -0.1) is 0 Å². The lowest BCUT2D eigenvalue weighted by Crippen LogP contribution is -2.46. The van der Waals surface area contributed by atoms with Gasteiger partial charge in [-0.05, 0) is 62.1 Å². The number of esters is 1. The summed E-state index contributed by atoms with van der Waals surface area (Å²) in [5, 5.41) is 5.45. The van der Waals surface area contributed by atoms with Crippen LogP contribution in [0.3, 0.4) is 0 Å². The maximum atomic E-state index is 12.5. The smallest absolute Gasteiger partial charge is 0.329 e. The largest absolute Gasteiger partial charge is 0.454 e. The first-order valence-corrected chi connectivity index (χ1v) is 11.0. The summed E-state index contributed by atoms with van der Waals surface area (Å²) in [6, 6.07) is 13.9. The van der Waals surface area contributed by atoms with E-state index in [1.807, 2.05) is 51.1 Å². The summed E-state index contributed by atoms with van der Waals surface area (Å²) < 4.78 is 5.19. The lowest BCUT2D eigenvalue weighted by Gasteiger charge is -2.21. The van der Waals surface area contributed by atoms with Gasteiger partial charge in [0.05, 0.1) is 0 Å². The highest BCUT2D eigenvalue weighted by molar-refractivity contribution is 5.97. The third-order valence-electron chi connectivity index (χ3n) is 5.46. The Kier molecular flexibility index (Phi) is 7.87. The van der Waals surface area contributed by atoms with Crippen molar-refractivity contribution in [3.8, 4) is 0 Å². The molecule has 3 rings (SSSR count). The van der Waals surface area contributed by atoms with Crippen molar-refractivity contribution in [1.82, 2.24) is 5.32 Å². The molecule has 32 heavy (non-hydrogen) atoms. The molecule has 0 spiro atoms. The molecule has 7 heteroatoms. The molecule has 0 saturated carbocycles. The normalized spacial score (nSPS) is 14.2. The monoisotopic (exact) mass is 437 g/mol. The molecule has 1 aliphatic heterocycles. The van der Waals surface area contributed by atoms with Crippen molar-refractivity contribution in [2.75, 3.05) is 29.9 Å². The molecule has 1 atom stereocenters. The first kappa shape index (κ1) is 23.3. The fourth-order valence-electron chi connectivity index (χ4n) is 3.66. The standard InChI is InChI=1S/C25H31N3O4/c1-17(2)23(27-24(30)19-8-6-7-18(3)15-19)25(31)32-16-22(29)26-20-9-11-21(12-10-20)28-13-4-5-14-28/h6-12,15,17,23H,4-5,13-14,16H2,1-3H3,(H,26,29)(H,27,30)/t23-/m0/s1. The molecular weight excluding hydrogens is 406 g/mol. The van der Waals surface area contributed by atoms with E-state index < -0.39 is 24.5 Å². The molecule has 7 nitrogen and oxygen atoms in total. The van der Waals surface area contributed by atoms with Crippen molar-refractivity contribution in [1.29, 1.82) is 0 Å². The van der Waals surface area contributed by atoms with Gasteiger partial charge in [-0.2, -0.15) is 0 Å². The summed E-state index contributed by atoms with van der Waals surface area (Å²) in [5.74, 6) is -1.62. The van der Waals surface area contributed by atoms with Crippen LogP contribution in [-0.4, -0.2) is 43.5 Å². The minimum Gasteiger partial charge on any atom is -0.454 e. The summed E-state index contributed by atoms with van der Waals surface area (Å²) in [5.41, 5.74) is 3.20. The number of ether oxygens (including phenoxy) is 1. The molecule has 170 valence electrons. The van der Waals surface area contributed by atoms with Gasteiger partial charge < -0.3 is 20.3 Å². The zero-order chi connectivity index (χ0) is 23.1. The highest BCUT2D eigenvalue weighted by Crippen LogP contribution is 2.22. The average Bonchev–Trinajstić information content (AvgIpc) is 3.31. The number of aryl methyl sites for hydroxylation is 1. The van der Waals surface area contributed by atoms with E-state index in [1.54, 1.807) is 18.2 Å². The molecule has 0 bridgehead atoms.